The third-order valence-electron chi connectivity index (χ3n) is 2.06. The van der Waals surface area contributed by atoms with E-state index in [1.807, 2.05) is 0 Å². The van der Waals surface area contributed by atoms with Crippen LogP contribution in [0.5, 0.6) is 0 Å². The molecule has 0 aromatic carbocycles. The van der Waals surface area contributed by atoms with E-state index < -0.39 is 0 Å². The average Bonchev–Trinajstić information content (AvgIpc) is 2.75. The largest absolute Gasteiger partial charge is 0.330 e. The molecule has 2 rings (SSSR count). The highest BCUT2D eigenvalue weighted by Crippen LogP contribution is 2.38. The van der Waals surface area contributed by atoms with Gasteiger partial charge in [0.1, 0.15) is 0 Å². The number of aromatic nitrogens is 2. The summed E-state index contributed by atoms with van der Waals surface area (Å²) in [6.45, 7) is 0.701. The average molecular weight is 151 g/mol. The van der Waals surface area contributed by atoms with Crippen LogP contribution in [-0.2, 0) is 6.42 Å². The number of rotatable bonds is 3. The molecule has 1 saturated carbocycles. The lowest BCUT2D eigenvalue weighted by atomic mass is 10.2. The number of nitrogens with two attached hydrogens (primary N) is 1. The van der Waals surface area contributed by atoms with Gasteiger partial charge in [0, 0.05) is 18.0 Å². The van der Waals surface area contributed by atoms with Crippen LogP contribution >= 0.6 is 0 Å². The molecule has 1 aromatic rings. The molecule has 0 radical (unpaired) electrons. The van der Waals surface area contributed by atoms with Crippen LogP contribution in [-0.4, -0.2) is 16.7 Å². The van der Waals surface area contributed by atoms with Crippen molar-refractivity contribution in [2.45, 2.75) is 25.2 Å². The lowest BCUT2D eigenvalue weighted by Gasteiger charge is -1.87. The van der Waals surface area contributed by atoms with E-state index in [9.17, 15) is 0 Å². The van der Waals surface area contributed by atoms with Crippen molar-refractivity contribution in [3.8, 4) is 0 Å². The molecule has 1 aliphatic carbocycles. The molecule has 0 spiro atoms. The molecule has 0 unspecified atom stereocenters. The summed E-state index contributed by atoms with van der Waals surface area (Å²) in [4.78, 5) is 0. The monoisotopic (exact) mass is 151 g/mol. The minimum Gasteiger partial charge on any atom is -0.330 e. The van der Waals surface area contributed by atoms with E-state index in [1.54, 1.807) is 0 Å². The van der Waals surface area contributed by atoms with Crippen LogP contribution in [0.1, 0.15) is 30.1 Å². The summed E-state index contributed by atoms with van der Waals surface area (Å²) in [5.41, 5.74) is 7.82. The van der Waals surface area contributed by atoms with Crippen LogP contribution in [0.15, 0.2) is 6.07 Å². The Labute approximate surface area is 66.0 Å². The summed E-state index contributed by atoms with van der Waals surface area (Å²) in [5.74, 6) is 0.748. The zero-order valence-electron chi connectivity index (χ0n) is 6.51. The molecular weight excluding hydrogens is 138 g/mol. The maximum Gasteiger partial charge on any atom is 0.0655 e. The van der Waals surface area contributed by atoms with Crippen LogP contribution < -0.4 is 5.73 Å². The fourth-order valence-electron chi connectivity index (χ4n) is 1.25. The van der Waals surface area contributed by atoms with E-state index in [-0.39, 0.29) is 0 Å². The van der Waals surface area contributed by atoms with Gasteiger partial charge >= 0.3 is 0 Å². The van der Waals surface area contributed by atoms with Crippen molar-refractivity contribution in [1.29, 1.82) is 0 Å². The Hall–Kier alpha value is -0.830. The highest BCUT2D eigenvalue weighted by Gasteiger charge is 2.25. The van der Waals surface area contributed by atoms with Crippen LogP contribution in [0.25, 0.3) is 0 Å². The fraction of sp³-hybridized carbons (Fsp3) is 0.625. The molecule has 3 heteroatoms. The van der Waals surface area contributed by atoms with Crippen molar-refractivity contribution in [3.05, 3.63) is 17.5 Å². The van der Waals surface area contributed by atoms with Crippen molar-refractivity contribution in [1.82, 2.24) is 10.2 Å². The molecule has 0 atom stereocenters. The highest BCUT2D eigenvalue weighted by atomic mass is 15.1. The van der Waals surface area contributed by atoms with Gasteiger partial charge in [0.15, 0.2) is 0 Å². The minimum absolute atomic E-state index is 0.701. The Morgan fingerprint density at radius 2 is 2.45 bits per heavy atom. The van der Waals surface area contributed by atoms with Gasteiger partial charge in [-0.05, 0) is 25.5 Å². The standard InChI is InChI=1S/C8H13N3/c9-4-3-7-5-8(11-10-7)6-1-2-6/h5-6H,1-4,9H2,(H,10,11). The molecule has 0 saturated heterocycles. The van der Waals surface area contributed by atoms with Gasteiger partial charge < -0.3 is 5.73 Å². The minimum atomic E-state index is 0.701. The van der Waals surface area contributed by atoms with Crippen LogP contribution in [0.3, 0.4) is 0 Å². The van der Waals surface area contributed by atoms with Crippen LogP contribution in [0, 0.1) is 0 Å². The lowest BCUT2D eigenvalue weighted by Crippen LogP contribution is -2.02. The van der Waals surface area contributed by atoms with Gasteiger partial charge in [-0.15, -0.1) is 0 Å². The fourth-order valence-corrected chi connectivity index (χ4v) is 1.25. The lowest BCUT2D eigenvalue weighted by molar-refractivity contribution is 0.889. The Bertz CT molecular complexity index is 237. The molecule has 0 aliphatic heterocycles. The first-order chi connectivity index (χ1) is 5.40. The normalized spacial score (nSPS) is 17.2. The van der Waals surface area contributed by atoms with Crippen molar-refractivity contribution < 1.29 is 0 Å². The molecule has 3 nitrogen and oxygen atoms in total. The second-order valence-corrected chi connectivity index (χ2v) is 3.13. The van der Waals surface area contributed by atoms with Crippen LogP contribution in [0.4, 0.5) is 0 Å². The van der Waals surface area contributed by atoms with Gasteiger partial charge in [-0.2, -0.15) is 5.10 Å². The van der Waals surface area contributed by atoms with Crippen molar-refractivity contribution in [3.63, 3.8) is 0 Å². The first-order valence-electron chi connectivity index (χ1n) is 4.14. The van der Waals surface area contributed by atoms with Crippen molar-refractivity contribution in [2.24, 2.45) is 5.73 Å². The van der Waals surface area contributed by atoms with E-state index in [0.29, 0.717) is 6.54 Å². The zero-order valence-corrected chi connectivity index (χ0v) is 6.51. The Balaban J connectivity index is 2.06. The summed E-state index contributed by atoms with van der Waals surface area (Å²) in [5, 5.41) is 7.21. The van der Waals surface area contributed by atoms with E-state index in [1.165, 1.54) is 24.2 Å². The Morgan fingerprint density at radius 3 is 3.09 bits per heavy atom. The second kappa shape index (κ2) is 2.66. The molecule has 1 aliphatic rings. The van der Waals surface area contributed by atoms with Gasteiger partial charge in [0.05, 0.1) is 5.69 Å². The Morgan fingerprint density at radius 1 is 1.64 bits per heavy atom. The summed E-state index contributed by atoms with van der Waals surface area (Å²) in [7, 11) is 0. The number of nitrogens with zero attached hydrogens (tertiary/aromatic N) is 1. The number of hydrogen-bond acceptors (Lipinski definition) is 2. The molecule has 1 aromatic heterocycles. The summed E-state index contributed by atoms with van der Waals surface area (Å²) >= 11 is 0. The quantitative estimate of drug-likeness (QED) is 0.671. The molecular formula is C8H13N3. The maximum absolute atomic E-state index is 5.41. The third kappa shape index (κ3) is 1.43. The first-order valence-corrected chi connectivity index (χ1v) is 4.14. The molecule has 0 amide bonds. The van der Waals surface area contributed by atoms with Gasteiger partial charge in [0.2, 0.25) is 0 Å². The predicted molar refractivity (Wildman–Crippen MR) is 43.3 cm³/mol. The SMILES string of the molecule is NCCc1cc(C2CC2)n[nH]1. The third-order valence-corrected chi connectivity index (χ3v) is 2.06. The summed E-state index contributed by atoms with van der Waals surface area (Å²) in [6, 6.07) is 2.14. The van der Waals surface area contributed by atoms with Gasteiger partial charge in [-0.1, -0.05) is 0 Å². The van der Waals surface area contributed by atoms with Gasteiger partial charge in [-0.3, -0.25) is 5.10 Å². The van der Waals surface area contributed by atoms with E-state index in [0.717, 1.165) is 12.3 Å². The maximum atomic E-state index is 5.41. The predicted octanol–water partition coefficient (Wildman–Crippen LogP) is 0.788. The number of H-pyrrole nitrogens is 1. The highest BCUT2D eigenvalue weighted by molar-refractivity contribution is 5.17. The first kappa shape index (κ1) is 6.85. The van der Waals surface area contributed by atoms with E-state index in [2.05, 4.69) is 16.3 Å². The molecule has 0 bridgehead atoms. The van der Waals surface area contributed by atoms with Crippen molar-refractivity contribution >= 4 is 0 Å². The van der Waals surface area contributed by atoms with Crippen LogP contribution in [0.2, 0.25) is 0 Å². The number of nitrogens with one attached hydrogen (secondary N) is 1. The second-order valence-electron chi connectivity index (χ2n) is 3.13. The summed E-state index contributed by atoms with van der Waals surface area (Å²) in [6.07, 6.45) is 3.54. The van der Waals surface area contributed by atoms with Crippen molar-refractivity contribution in [2.75, 3.05) is 6.54 Å². The zero-order chi connectivity index (χ0) is 7.68. The molecule has 3 N–H and O–H groups in total. The summed E-state index contributed by atoms with van der Waals surface area (Å²) < 4.78 is 0. The van der Waals surface area contributed by atoms with Gasteiger partial charge in [0.25, 0.3) is 0 Å². The molecule has 60 valence electrons. The van der Waals surface area contributed by atoms with Gasteiger partial charge in [-0.25, -0.2) is 0 Å². The molecule has 1 fully saturated rings. The number of aromatic amines is 1. The number of hydrogen-bond donors (Lipinski definition) is 2. The Kier molecular flexibility index (Phi) is 1.66. The topological polar surface area (TPSA) is 54.7 Å². The van der Waals surface area contributed by atoms with E-state index in [4.69, 9.17) is 5.73 Å². The molecule has 1 heterocycles. The molecule has 11 heavy (non-hydrogen) atoms. The van der Waals surface area contributed by atoms with E-state index >= 15 is 0 Å². The smallest absolute Gasteiger partial charge is 0.0655 e.